The Kier molecular flexibility index (Phi) is 3.99. The van der Waals surface area contributed by atoms with E-state index < -0.39 is 0 Å². The topological polar surface area (TPSA) is 39.3 Å². The Morgan fingerprint density at radius 3 is 2.58 bits per heavy atom. The molecule has 5 heteroatoms. The standard InChI is InChI=1S/C21H23N3OS/c1-21(20(25)23(2)3)12-24(13-21)19-9-8-15(26)11-16(19)18-10-14-6-4-5-7-17(14)22-18/h4-11,22,26H,12-13H2,1-3H3. The minimum Gasteiger partial charge on any atom is -0.369 e. The number of fused-ring (bicyclic) bond motifs is 1. The second-order valence-corrected chi connectivity index (χ2v) is 8.10. The average Bonchev–Trinajstić information content (AvgIpc) is 3.02. The largest absolute Gasteiger partial charge is 0.369 e. The highest BCUT2D eigenvalue weighted by Gasteiger charge is 2.46. The van der Waals surface area contributed by atoms with Crippen LogP contribution in [0.5, 0.6) is 0 Å². The number of rotatable bonds is 3. The van der Waals surface area contributed by atoms with E-state index in [0.29, 0.717) is 0 Å². The number of hydrogen-bond acceptors (Lipinski definition) is 3. The van der Waals surface area contributed by atoms with Crippen molar-refractivity contribution in [1.82, 2.24) is 9.88 Å². The lowest BCUT2D eigenvalue weighted by molar-refractivity contribution is -0.139. The molecule has 26 heavy (non-hydrogen) atoms. The molecule has 1 amide bonds. The van der Waals surface area contributed by atoms with Crippen LogP contribution in [0.15, 0.2) is 53.4 Å². The molecule has 134 valence electrons. The third kappa shape index (κ3) is 2.76. The van der Waals surface area contributed by atoms with Gasteiger partial charge in [0, 0.05) is 59.9 Å². The van der Waals surface area contributed by atoms with Crippen LogP contribution in [-0.4, -0.2) is 43.0 Å². The summed E-state index contributed by atoms with van der Waals surface area (Å²) in [6.07, 6.45) is 0. The van der Waals surface area contributed by atoms with E-state index in [1.165, 1.54) is 5.39 Å². The Hall–Kier alpha value is -2.40. The van der Waals surface area contributed by atoms with Crippen LogP contribution in [0.25, 0.3) is 22.2 Å². The van der Waals surface area contributed by atoms with E-state index in [-0.39, 0.29) is 11.3 Å². The van der Waals surface area contributed by atoms with Crippen LogP contribution in [0.1, 0.15) is 6.92 Å². The van der Waals surface area contributed by atoms with Gasteiger partial charge in [-0.25, -0.2) is 0 Å². The number of hydrogen-bond donors (Lipinski definition) is 2. The first-order valence-corrected chi connectivity index (χ1v) is 9.20. The fraction of sp³-hybridized carbons (Fsp3) is 0.286. The Bertz CT molecular complexity index is 953. The van der Waals surface area contributed by atoms with Crippen molar-refractivity contribution in [3.05, 3.63) is 48.5 Å². The first kappa shape index (κ1) is 17.0. The highest BCUT2D eigenvalue weighted by atomic mass is 32.1. The first-order chi connectivity index (χ1) is 12.4. The van der Waals surface area contributed by atoms with Crippen molar-refractivity contribution in [3.8, 4) is 11.3 Å². The monoisotopic (exact) mass is 365 g/mol. The minimum atomic E-state index is -0.319. The molecule has 4 rings (SSSR count). The number of benzene rings is 2. The van der Waals surface area contributed by atoms with Gasteiger partial charge < -0.3 is 14.8 Å². The number of amides is 1. The van der Waals surface area contributed by atoms with Gasteiger partial charge in [0.15, 0.2) is 0 Å². The van der Waals surface area contributed by atoms with E-state index in [0.717, 1.165) is 40.4 Å². The zero-order valence-corrected chi connectivity index (χ0v) is 16.2. The lowest BCUT2D eigenvalue weighted by atomic mass is 9.80. The summed E-state index contributed by atoms with van der Waals surface area (Å²) in [7, 11) is 3.64. The zero-order chi connectivity index (χ0) is 18.5. The lowest BCUT2D eigenvalue weighted by Crippen LogP contribution is -2.61. The second kappa shape index (κ2) is 6.09. The lowest BCUT2D eigenvalue weighted by Gasteiger charge is -2.49. The molecule has 0 bridgehead atoms. The van der Waals surface area contributed by atoms with Gasteiger partial charge in [-0.1, -0.05) is 18.2 Å². The van der Waals surface area contributed by atoms with Crippen LogP contribution in [0, 0.1) is 5.41 Å². The van der Waals surface area contributed by atoms with Crippen LogP contribution in [0.4, 0.5) is 5.69 Å². The van der Waals surface area contributed by atoms with E-state index in [1.54, 1.807) is 4.90 Å². The molecule has 1 aromatic heterocycles. The third-order valence-corrected chi connectivity index (χ3v) is 5.42. The fourth-order valence-corrected chi connectivity index (χ4v) is 4.08. The van der Waals surface area contributed by atoms with Crippen molar-refractivity contribution < 1.29 is 4.79 Å². The van der Waals surface area contributed by atoms with Gasteiger partial charge in [0.05, 0.1) is 5.41 Å². The van der Waals surface area contributed by atoms with Gasteiger partial charge in [-0.15, -0.1) is 12.6 Å². The summed E-state index contributed by atoms with van der Waals surface area (Å²) in [6.45, 7) is 3.49. The smallest absolute Gasteiger partial charge is 0.231 e. The highest BCUT2D eigenvalue weighted by molar-refractivity contribution is 7.80. The molecule has 4 nitrogen and oxygen atoms in total. The van der Waals surface area contributed by atoms with Crippen molar-refractivity contribution in [2.45, 2.75) is 11.8 Å². The highest BCUT2D eigenvalue weighted by Crippen LogP contribution is 2.41. The number of carbonyl (C=O) groups is 1. The van der Waals surface area contributed by atoms with Gasteiger partial charge in [0.1, 0.15) is 0 Å². The van der Waals surface area contributed by atoms with E-state index in [4.69, 9.17) is 0 Å². The summed E-state index contributed by atoms with van der Waals surface area (Å²) >= 11 is 4.53. The second-order valence-electron chi connectivity index (χ2n) is 7.59. The maximum absolute atomic E-state index is 12.4. The summed E-state index contributed by atoms with van der Waals surface area (Å²) in [5, 5.41) is 1.19. The van der Waals surface area contributed by atoms with Gasteiger partial charge in [-0.3, -0.25) is 4.79 Å². The maximum atomic E-state index is 12.4. The Morgan fingerprint density at radius 2 is 1.88 bits per heavy atom. The molecule has 2 heterocycles. The number of anilines is 1. The molecular formula is C21H23N3OS. The first-order valence-electron chi connectivity index (χ1n) is 8.75. The molecule has 1 aliphatic heterocycles. The number of para-hydroxylation sites is 1. The average molecular weight is 366 g/mol. The molecule has 1 fully saturated rings. The van der Waals surface area contributed by atoms with Crippen LogP contribution in [0.3, 0.4) is 0 Å². The Labute approximate surface area is 159 Å². The number of thiol groups is 1. The third-order valence-electron chi connectivity index (χ3n) is 5.14. The molecule has 0 atom stereocenters. The molecule has 3 aromatic rings. The number of H-pyrrole nitrogens is 1. The molecule has 0 aliphatic carbocycles. The van der Waals surface area contributed by atoms with Crippen molar-refractivity contribution in [2.75, 3.05) is 32.1 Å². The molecule has 0 unspecified atom stereocenters. The van der Waals surface area contributed by atoms with Gasteiger partial charge in [0.2, 0.25) is 5.91 Å². The van der Waals surface area contributed by atoms with Crippen LogP contribution < -0.4 is 4.90 Å². The Morgan fingerprint density at radius 1 is 1.15 bits per heavy atom. The maximum Gasteiger partial charge on any atom is 0.231 e. The van der Waals surface area contributed by atoms with E-state index >= 15 is 0 Å². The van der Waals surface area contributed by atoms with Crippen molar-refractivity contribution in [1.29, 1.82) is 0 Å². The SMILES string of the molecule is CN(C)C(=O)C1(C)CN(c2ccc(S)cc2-c2cc3ccccc3[nH]2)C1. The summed E-state index contributed by atoms with van der Waals surface area (Å²) in [5.74, 6) is 0.187. The number of aromatic nitrogens is 1. The fourth-order valence-electron chi connectivity index (χ4n) is 3.88. The van der Waals surface area contributed by atoms with Crippen LogP contribution in [0.2, 0.25) is 0 Å². The molecule has 1 N–H and O–H groups in total. The molecule has 0 radical (unpaired) electrons. The van der Waals surface area contributed by atoms with Crippen molar-refractivity contribution in [2.24, 2.45) is 5.41 Å². The minimum absolute atomic E-state index is 0.187. The summed E-state index contributed by atoms with van der Waals surface area (Å²) < 4.78 is 0. The van der Waals surface area contributed by atoms with Crippen molar-refractivity contribution >= 4 is 35.1 Å². The summed E-state index contributed by atoms with van der Waals surface area (Å²) in [6, 6.07) is 16.6. The molecule has 2 aromatic carbocycles. The van der Waals surface area contributed by atoms with Crippen LogP contribution >= 0.6 is 12.6 Å². The summed E-state index contributed by atoms with van der Waals surface area (Å²) in [5.41, 5.74) is 4.13. The predicted molar refractivity (Wildman–Crippen MR) is 110 cm³/mol. The van der Waals surface area contributed by atoms with Gasteiger partial charge in [-0.05, 0) is 37.3 Å². The van der Waals surface area contributed by atoms with E-state index in [2.05, 4.69) is 52.8 Å². The summed E-state index contributed by atoms with van der Waals surface area (Å²) in [4.78, 5) is 20.8. The van der Waals surface area contributed by atoms with Crippen molar-refractivity contribution in [3.63, 3.8) is 0 Å². The van der Waals surface area contributed by atoms with E-state index in [1.807, 2.05) is 39.2 Å². The number of carbonyl (C=O) groups excluding carboxylic acids is 1. The van der Waals surface area contributed by atoms with Gasteiger partial charge in [-0.2, -0.15) is 0 Å². The quantitative estimate of drug-likeness (QED) is 0.688. The molecule has 1 aliphatic rings. The molecular weight excluding hydrogens is 342 g/mol. The van der Waals surface area contributed by atoms with Crippen LogP contribution in [-0.2, 0) is 4.79 Å². The van der Waals surface area contributed by atoms with E-state index in [9.17, 15) is 4.79 Å². The number of nitrogens with zero attached hydrogens (tertiary/aromatic N) is 2. The molecule has 1 saturated heterocycles. The zero-order valence-electron chi connectivity index (χ0n) is 15.3. The normalized spacial score (nSPS) is 15.8. The number of nitrogens with one attached hydrogen (secondary N) is 1. The van der Waals surface area contributed by atoms with Gasteiger partial charge >= 0.3 is 0 Å². The molecule has 0 spiro atoms. The number of aromatic amines is 1. The predicted octanol–water partition coefficient (Wildman–Crippen LogP) is 4.04. The molecule has 0 saturated carbocycles. The van der Waals surface area contributed by atoms with Gasteiger partial charge in [0.25, 0.3) is 0 Å². The Balaban J connectivity index is 1.70.